The third-order valence-corrected chi connectivity index (χ3v) is 2.23. The smallest absolute Gasteiger partial charge is 0.247 e. The maximum absolute atomic E-state index is 9.02. The number of oxime groups is 1. The van der Waals surface area contributed by atoms with Gasteiger partial charge in [-0.3, -0.25) is 0 Å². The average Bonchev–Trinajstić information content (AvgIpc) is 2.33. The summed E-state index contributed by atoms with van der Waals surface area (Å²) in [6, 6.07) is 0. The van der Waals surface area contributed by atoms with Gasteiger partial charge >= 0.3 is 0 Å². The summed E-state index contributed by atoms with van der Waals surface area (Å²) in [7, 11) is 0. The van der Waals surface area contributed by atoms with Crippen LogP contribution in [-0.4, -0.2) is 34.1 Å². The van der Waals surface area contributed by atoms with Crippen LogP contribution < -0.4 is 0 Å². The first-order chi connectivity index (χ1) is 7.42. The summed E-state index contributed by atoms with van der Waals surface area (Å²) in [5, 5.41) is 12.4. The molecule has 0 aromatic heterocycles. The molecule has 0 atom stereocenters. The first kappa shape index (κ1) is 9.58. The van der Waals surface area contributed by atoms with E-state index in [0.717, 1.165) is 13.1 Å². The van der Waals surface area contributed by atoms with Crippen LogP contribution in [0.3, 0.4) is 0 Å². The zero-order valence-electron chi connectivity index (χ0n) is 8.32. The molecule has 2 heterocycles. The number of hydrogen-bond donors (Lipinski definition) is 1. The Morgan fingerprint density at radius 3 is 1.80 bits per heavy atom. The van der Waals surface area contributed by atoms with Gasteiger partial charge in [0.2, 0.25) is 5.96 Å². The van der Waals surface area contributed by atoms with E-state index in [1.807, 2.05) is 58.7 Å². The van der Waals surface area contributed by atoms with Gasteiger partial charge in [0.05, 0.1) is 0 Å². The summed E-state index contributed by atoms with van der Waals surface area (Å²) >= 11 is 0. The van der Waals surface area contributed by atoms with E-state index in [1.165, 1.54) is 0 Å². The highest BCUT2D eigenvalue weighted by Gasteiger charge is 2.15. The summed E-state index contributed by atoms with van der Waals surface area (Å²) in [6.45, 7) is 1.45. The van der Waals surface area contributed by atoms with E-state index in [0.29, 0.717) is 5.96 Å². The van der Waals surface area contributed by atoms with Crippen LogP contribution in [0.5, 0.6) is 0 Å². The van der Waals surface area contributed by atoms with Crippen LogP contribution in [0, 0.1) is 0 Å². The number of allylic oxidation sites excluding steroid dienone is 4. The minimum atomic E-state index is 0.538. The van der Waals surface area contributed by atoms with Gasteiger partial charge in [-0.2, -0.15) is 0 Å². The zero-order valence-corrected chi connectivity index (χ0v) is 8.32. The van der Waals surface area contributed by atoms with Crippen molar-refractivity contribution in [1.82, 2.24) is 9.80 Å². The Morgan fingerprint density at radius 1 is 0.933 bits per heavy atom. The fourth-order valence-electron chi connectivity index (χ4n) is 1.51. The standard InChI is InChI=1S/C11H13N3O/c15-12-11(13-7-3-1-4-8-13)14-9-5-2-6-10-14/h1-7,9,15H,8,10H2. The van der Waals surface area contributed by atoms with Gasteiger partial charge < -0.3 is 15.0 Å². The van der Waals surface area contributed by atoms with Gasteiger partial charge in [-0.1, -0.05) is 29.5 Å². The lowest BCUT2D eigenvalue weighted by atomic mass is 10.3. The second-order valence-electron chi connectivity index (χ2n) is 3.24. The molecule has 0 unspecified atom stereocenters. The molecule has 0 saturated carbocycles. The molecule has 2 aliphatic rings. The molecule has 0 amide bonds. The number of rotatable bonds is 0. The molecule has 0 aromatic carbocycles. The molecule has 0 aromatic rings. The van der Waals surface area contributed by atoms with E-state index in [-0.39, 0.29) is 0 Å². The first-order valence-corrected chi connectivity index (χ1v) is 4.84. The molecule has 0 spiro atoms. The van der Waals surface area contributed by atoms with Crippen LogP contribution in [0.4, 0.5) is 0 Å². The van der Waals surface area contributed by atoms with Crippen molar-refractivity contribution < 1.29 is 5.21 Å². The molecular formula is C11H13N3O. The van der Waals surface area contributed by atoms with Gasteiger partial charge in [-0.05, 0) is 12.2 Å². The highest BCUT2D eigenvalue weighted by molar-refractivity contribution is 5.82. The fourth-order valence-corrected chi connectivity index (χ4v) is 1.51. The zero-order chi connectivity index (χ0) is 10.5. The van der Waals surface area contributed by atoms with Gasteiger partial charge in [0.1, 0.15) is 0 Å². The van der Waals surface area contributed by atoms with Crippen molar-refractivity contribution in [2.75, 3.05) is 13.1 Å². The maximum atomic E-state index is 9.02. The van der Waals surface area contributed by atoms with E-state index in [1.54, 1.807) is 0 Å². The Morgan fingerprint density at radius 2 is 1.47 bits per heavy atom. The molecule has 0 bridgehead atoms. The Balaban J connectivity index is 2.11. The minimum absolute atomic E-state index is 0.538. The second-order valence-corrected chi connectivity index (χ2v) is 3.24. The molecule has 2 rings (SSSR count). The summed E-state index contributed by atoms with van der Waals surface area (Å²) in [6.07, 6.45) is 15.6. The van der Waals surface area contributed by atoms with Crippen molar-refractivity contribution in [2.24, 2.45) is 5.16 Å². The SMILES string of the molecule is ON=C(N1C=CC=CC1)N1C=CC=CC1. The highest BCUT2D eigenvalue weighted by atomic mass is 16.4. The van der Waals surface area contributed by atoms with Crippen molar-refractivity contribution in [2.45, 2.75) is 0 Å². The molecule has 15 heavy (non-hydrogen) atoms. The van der Waals surface area contributed by atoms with Crippen molar-refractivity contribution in [3.63, 3.8) is 0 Å². The lowest BCUT2D eigenvalue weighted by molar-refractivity contribution is 0.294. The quantitative estimate of drug-likeness (QED) is 0.281. The van der Waals surface area contributed by atoms with Crippen molar-refractivity contribution in [3.8, 4) is 0 Å². The normalized spacial score (nSPS) is 18.4. The highest BCUT2D eigenvalue weighted by Crippen LogP contribution is 2.07. The lowest BCUT2D eigenvalue weighted by Crippen LogP contribution is -2.40. The maximum Gasteiger partial charge on any atom is 0.247 e. The van der Waals surface area contributed by atoms with Crippen LogP contribution in [-0.2, 0) is 0 Å². The Hall–Kier alpha value is -1.97. The van der Waals surface area contributed by atoms with E-state index in [4.69, 9.17) is 5.21 Å². The molecule has 1 N–H and O–H groups in total. The first-order valence-electron chi connectivity index (χ1n) is 4.84. The molecule has 4 nitrogen and oxygen atoms in total. The number of hydrogen-bond acceptors (Lipinski definition) is 2. The summed E-state index contributed by atoms with van der Waals surface area (Å²) < 4.78 is 0. The molecule has 0 fully saturated rings. The largest absolute Gasteiger partial charge is 0.408 e. The van der Waals surface area contributed by atoms with Crippen molar-refractivity contribution in [1.29, 1.82) is 0 Å². The van der Waals surface area contributed by atoms with E-state index >= 15 is 0 Å². The fraction of sp³-hybridized carbons (Fsp3) is 0.182. The molecular weight excluding hydrogens is 190 g/mol. The van der Waals surface area contributed by atoms with Crippen molar-refractivity contribution in [3.05, 3.63) is 48.9 Å². The molecule has 78 valence electrons. The van der Waals surface area contributed by atoms with Gasteiger partial charge in [0, 0.05) is 25.5 Å². The second kappa shape index (κ2) is 4.50. The van der Waals surface area contributed by atoms with E-state index in [2.05, 4.69) is 5.16 Å². The topological polar surface area (TPSA) is 39.1 Å². The molecule has 0 radical (unpaired) electrons. The van der Waals surface area contributed by atoms with Gasteiger partial charge in [0.15, 0.2) is 0 Å². The van der Waals surface area contributed by atoms with Crippen LogP contribution in [0.25, 0.3) is 0 Å². The lowest BCUT2D eigenvalue weighted by Gasteiger charge is -2.29. The predicted octanol–water partition coefficient (Wildman–Crippen LogP) is 1.50. The van der Waals surface area contributed by atoms with Crippen molar-refractivity contribution >= 4 is 5.96 Å². The Bertz CT molecular complexity index is 334. The summed E-state index contributed by atoms with van der Waals surface area (Å²) in [5.41, 5.74) is 0. The third-order valence-electron chi connectivity index (χ3n) is 2.23. The van der Waals surface area contributed by atoms with Crippen LogP contribution in [0.2, 0.25) is 0 Å². The minimum Gasteiger partial charge on any atom is -0.408 e. The Kier molecular flexibility index (Phi) is 2.88. The predicted molar refractivity (Wildman–Crippen MR) is 59.2 cm³/mol. The molecule has 4 heteroatoms. The average molecular weight is 203 g/mol. The number of nitrogens with zero attached hydrogens (tertiary/aromatic N) is 3. The summed E-state index contributed by atoms with van der Waals surface area (Å²) in [5.74, 6) is 0.538. The number of guanidine groups is 1. The van der Waals surface area contributed by atoms with Crippen LogP contribution >= 0.6 is 0 Å². The van der Waals surface area contributed by atoms with E-state index < -0.39 is 0 Å². The molecule has 2 aliphatic heterocycles. The van der Waals surface area contributed by atoms with Crippen LogP contribution in [0.1, 0.15) is 0 Å². The third kappa shape index (κ3) is 2.10. The van der Waals surface area contributed by atoms with Gasteiger partial charge in [0.25, 0.3) is 0 Å². The Labute approximate surface area is 88.8 Å². The van der Waals surface area contributed by atoms with Crippen LogP contribution in [0.15, 0.2) is 54.0 Å². The van der Waals surface area contributed by atoms with Gasteiger partial charge in [-0.25, -0.2) is 0 Å². The molecule has 0 saturated heterocycles. The molecule has 0 aliphatic carbocycles. The monoisotopic (exact) mass is 203 g/mol. The summed E-state index contributed by atoms with van der Waals surface area (Å²) in [4.78, 5) is 3.76. The van der Waals surface area contributed by atoms with E-state index in [9.17, 15) is 0 Å². The van der Waals surface area contributed by atoms with Gasteiger partial charge in [-0.15, -0.1) is 0 Å².